The minimum absolute atomic E-state index is 0.171. The Morgan fingerprint density at radius 2 is 1.68 bits per heavy atom. The molecule has 2 nitrogen and oxygen atoms in total. The first-order chi connectivity index (χ1) is 9.02. The summed E-state index contributed by atoms with van der Waals surface area (Å²) >= 11 is 3.25. The SMILES string of the molecule is C=C(Br)/C=C\C(=C)[C@H](C)C(CO)CNC.CC.CC. The predicted molar refractivity (Wildman–Crippen MR) is 92.7 cm³/mol. The van der Waals surface area contributed by atoms with E-state index in [4.69, 9.17) is 0 Å². The Balaban J connectivity index is -0.000000579. The van der Waals surface area contributed by atoms with E-state index >= 15 is 0 Å². The molecule has 3 heteroatoms. The standard InChI is InChI=1S/C12H20BrNO.2C2H6/c1-9(5-6-10(2)13)11(3)12(8-15)7-14-4;2*1-2/h5-6,11-12,14-15H,1-2,7-8H2,3-4H3;2*1-2H3/b6-5-;;/t11-,12?;;/m0../s1. The lowest BCUT2D eigenvalue weighted by Crippen LogP contribution is -2.28. The lowest BCUT2D eigenvalue weighted by Gasteiger charge is -2.22. The molecule has 2 atom stereocenters. The van der Waals surface area contributed by atoms with Crippen LogP contribution < -0.4 is 5.32 Å². The number of halogens is 1. The molecule has 0 spiro atoms. The second-order valence-electron chi connectivity index (χ2n) is 3.64. The second kappa shape index (κ2) is 17.6. The van der Waals surface area contributed by atoms with Crippen LogP contribution in [-0.4, -0.2) is 25.3 Å². The molecule has 19 heavy (non-hydrogen) atoms. The van der Waals surface area contributed by atoms with Crippen molar-refractivity contribution < 1.29 is 5.11 Å². The molecule has 0 fully saturated rings. The molecule has 0 aliphatic carbocycles. The molecule has 0 aromatic carbocycles. The Morgan fingerprint density at radius 3 is 2.00 bits per heavy atom. The maximum Gasteiger partial charge on any atom is 0.0477 e. The topological polar surface area (TPSA) is 32.3 Å². The van der Waals surface area contributed by atoms with E-state index in [2.05, 4.69) is 41.3 Å². The van der Waals surface area contributed by atoms with Gasteiger partial charge in [0.15, 0.2) is 0 Å². The number of hydrogen-bond acceptors (Lipinski definition) is 2. The van der Waals surface area contributed by atoms with Gasteiger partial charge in [0.25, 0.3) is 0 Å². The van der Waals surface area contributed by atoms with E-state index in [-0.39, 0.29) is 18.4 Å². The number of nitrogens with one attached hydrogen (secondary N) is 1. The van der Waals surface area contributed by atoms with Crippen LogP contribution in [0.5, 0.6) is 0 Å². The molecule has 0 aromatic rings. The Morgan fingerprint density at radius 1 is 1.21 bits per heavy atom. The molecule has 0 radical (unpaired) electrons. The van der Waals surface area contributed by atoms with Crippen LogP contribution in [0.25, 0.3) is 0 Å². The maximum atomic E-state index is 9.22. The van der Waals surface area contributed by atoms with Crippen LogP contribution in [0.2, 0.25) is 0 Å². The van der Waals surface area contributed by atoms with Gasteiger partial charge < -0.3 is 10.4 Å². The lowest BCUT2D eigenvalue weighted by atomic mass is 9.88. The van der Waals surface area contributed by atoms with E-state index in [0.717, 1.165) is 16.6 Å². The van der Waals surface area contributed by atoms with Crippen molar-refractivity contribution in [2.45, 2.75) is 34.6 Å². The highest BCUT2D eigenvalue weighted by molar-refractivity contribution is 9.11. The molecule has 0 saturated carbocycles. The number of rotatable bonds is 7. The quantitative estimate of drug-likeness (QED) is 0.671. The van der Waals surface area contributed by atoms with Crippen LogP contribution in [0.4, 0.5) is 0 Å². The molecule has 0 aliphatic rings. The molecular formula is C16H32BrNO. The van der Waals surface area contributed by atoms with Gasteiger partial charge in [-0.3, -0.25) is 0 Å². The fraction of sp³-hybridized carbons (Fsp3) is 0.625. The smallest absolute Gasteiger partial charge is 0.0477 e. The van der Waals surface area contributed by atoms with Crippen molar-refractivity contribution in [3.63, 3.8) is 0 Å². The van der Waals surface area contributed by atoms with E-state index in [0.29, 0.717) is 0 Å². The monoisotopic (exact) mass is 333 g/mol. The first-order valence-electron chi connectivity index (χ1n) is 6.99. The first-order valence-corrected chi connectivity index (χ1v) is 7.79. The fourth-order valence-corrected chi connectivity index (χ4v) is 1.45. The molecule has 0 bridgehead atoms. The summed E-state index contributed by atoms with van der Waals surface area (Å²) in [6.07, 6.45) is 3.80. The molecule has 0 aliphatic heterocycles. The van der Waals surface area contributed by atoms with Gasteiger partial charge in [0.05, 0.1) is 0 Å². The predicted octanol–water partition coefficient (Wildman–Crippen LogP) is 4.52. The Labute approximate surface area is 128 Å². The Kier molecular flexibility index (Phi) is 22.0. The van der Waals surface area contributed by atoms with Gasteiger partial charge in [0.2, 0.25) is 0 Å². The number of aliphatic hydroxyl groups excluding tert-OH is 1. The van der Waals surface area contributed by atoms with Gasteiger partial charge in [-0.15, -0.1) is 0 Å². The van der Waals surface area contributed by atoms with Crippen LogP contribution >= 0.6 is 15.9 Å². The summed E-state index contributed by atoms with van der Waals surface area (Å²) in [5.41, 5.74) is 1.00. The molecule has 0 saturated heterocycles. The minimum atomic E-state index is 0.171. The fourth-order valence-electron chi connectivity index (χ4n) is 1.31. The highest BCUT2D eigenvalue weighted by Gasteiger charge is 2.16. The van der Waals surface area contributed by atoms with Gasteiger partial charge in [-0.05, 0) is 19.0 Å². The third-order valence-corrected chi connectivity index (χ3v) is 2.74. The van der Waals surface area contributed by atoms with Gasteiger partial charge in [0, 0.05) is 23.6 Å². The van der Waals surface area contributed by atoms with Crippen molar-refractivity contribution in [3.05, 3.63) is 35.4 Å². The molecule has 0 heterocycles. The summed E-state index contributed by atoms with van der Waals surface area (Å²) < 4.78 is 0.824. The average molecular weight is 334 g/mol. The van der Waals surface area contributed by atoms with E-state index in [9.17, 15) is 5.11 Å². The summed E-state index contributed by atoms with van der Waals surface area (Å²) in [4.78, 5) is 0. The largest absolute Gasteiger partial charge is 0.396 e. The number of hydrogen-bond donors (Lipinski definition) is 2. The van der Waals surface area contributed by atoms with Crippen LogP contribution in [0.15, 0.2) is 35.4 Å². The third kappa shape index (κ3) is 13.8. The molecule has 0 rings (SSSR count). The number of allylic oxidation sites excluding steroid dienone is 4. The summed E-state index contributed by atoms with van der Waals surface area (Å²) in [5, 5.41) is 12.3. The summed E-state index contributed by atoms with van der Waals surface area (Å²) in [6, 6.07) is 0. The summed E-state index contributed by atoms with van der Waals surface area (Å²) in [5.74, 6) is 0.460. The van der Waals surface area contributed by atoms with Crippen LogP contribution in [0.1, 0.15) is 34.6 Å². The Bertz CT molecular complexity index is 249. The van der Waals surface area contributed by atoms with Gasteiger partial charge in [-0.1, -0.05) is 75.4 Å². The number of aliphatic hydroxyl groups is 1. The van der Waals surface area contributed by atoms with Crippen molar-refractivity contribution in [2.75, 3.05) is 20.2 Å². The second-order valence-corrected chi connectivity index (χ2v) is 4.66. The zero-order chi connectivity index (χ0) is 15.8. The molecule has 114 valence electrons. The van der Waals surface area contributed by atoms with Crippen LogP contribution in [0, 0.1) is 11.8 Å². The van der Waals surface area contributed by atoms with E-state index in [1.165, 1.54) is 0 Å². The zero-order valence-corrected chi connectivity index (χ0v) is 15.0. The highest BCUT2D eigenvalue weighted by atomic mass is 79.9. The van der Waals surface area contributed by atoms with Crippen molar-refractivity contribution in [3.8, 4) is 0 Å². The van der Waals surface area contributed by atoms with Gasteiger partial charge in [-0.2, -0.15) is 0 Å². The normalized spacial score (nSPS) is 12.6. The van der Waals surface area contributed by atoms with Crippen LogP contribution in [0.3, 0.4) is 0 Å². The Hall–Kier alpha value is -0.380. The first kappa shape index (κ1) is 23.7. The zero-order valence-electron chi connectivity index (χ0n) is 13.5. The molecule has 0 amide bonds. The molecule has 1 unspecified atom stereocenters. The average Bonchev–Trinajstić information content (AvgIpc) is 2.45. The van der Waals surface area contributed by atoms with Crippen molar-refractivity contribution in [2.24, 2.45) is 11.8 Å². The lowest BCUT2D eigenvalue weighted by molar-refractivity contribution is 0.195. The van der Waals surface area contributed by atoms with E-state index in [1.807, 2.05) is 46.9 Å². The third-order valence-electron chi connectivity index (χ3n) is 2.47. The van der Waals surface area contributed by atoms with Crippen molar-refractivity contribution >= 4 is 15.9 Å². The van der Waals surface area contributed by atoms with E-state index in [1.54, 1.807) is 0 Å². The van der Waals surface area contributed by atoms with Gasteiger partial charge in [0.1, 0.15) is 0 Å². The summed E-state index contributed by atoms with van der Waals surface area (Å²) in [6.45, 7) is 18.7. The van der Waals surface area contributed by atoms with Crippen molar-refractivity contribution in [1.82, 2.24) is 5.32 Å². The maximum absolute atomic E-state index is 9.22. The van der Waals surface area contributed by atoms with Gasteiger partial charge >= 0.3 is 0 Å². The molecule has 2 N–H and O–H groups in total. The van der Waals surface area contributed by atoms with E-state index < -0.39 is 0 Å². The van der Waals surface area contributed by atoms with Crippen molar-refractivity contribution in [1.29, 1.82) is 0 Å². The molecular weight excluding hydrogens is 302 g/mol. The highest BCUT2D eigenvalue weighted by Crippen LogP contribution is 2.20. The van der Waals surface area contributed by atoms with Crippen LogP contribution in [-0.2, 0) is 0 Å². The molecule has 0 aromatic heterocycles. The minimum Gasteiger partial charge on any atom is -0.396 e. The summed E-state index contributed by atoms with van der Waals surface area (Å²) in [7, 11) is 1.88. The van der Waals surface area contributed by atoms with Gasteiger partial charge in [-0.25, -0.2) is 0 Å².